The van der Waals surface area contributed by atoms with Crippen LogP contribution >= 0.6 is 11.6 Å². The van der Waals surface area contributed by atoms with Crippen LogP contribution in [0.4, 0.5) is 11.5 Å². The number of aromatic nitrogens is 2. The normalized spacial score (nSPS) is 25.8. The lowest BCUT2D eigenvalue weighted by molar-refractivity contribution is 0.107. The highest BCUT2D eigenvalue weighted by Crippen LogP contribution is 2.40. The minimum absolute atomic E-state index is 0.180. The maximum absolute atomic E-state index is 6.73. The third-order valence-electron chi connectivity index (χ3n) is 9.99. The summed E-state index contributed by atoms with van der Waals surface area (Å²) in [4.78, 5) is 17.9. The summed E-state index contributed by atoms with van der Waals surface area (Å²) in [5.41, 5.74) is 3.76. The Balaban J connectivity index is 1.15. The van der Waals surface area contributed by atoms with Gasteiger partial charge in [0.15, 0.2) is 0 Å². The number of anilines is 2. The summed E-state index contributed by atoms with van der Waals surface area (Å²) in [6.07, 6.45) is 8.42. The summed E-state index contributed by atoms with van der Waals surface area (Å²) in [6, 6.07) is 14.3. The molecule has 0 aliphatic carbocycles. The fourth-order valence-corrected chi connectivity index (χ4v) is 8.37. The molecule has 6 heterocycles. The van der Waals surface area contributed by atoms with Crippen molar-refractivity contribution in [2.24, 2.45) is 0 Å². The molecule has 3 aromatic rings. The van der Waals surface area contributed by atoms with E-state index in [1.54, 1.807) is 0 Å². The van der Waals surface area contributed by atoms with Gasteiger partial charge in [0.1, 0.15) is 12.4 Å². The van der Waals surface area contributed by atoms with E-state index in [2.05, 4.69) is 44.3 Å². The van der Waals surface area contributed by atoms with E-state index < -0.39 is 0 Å². The van der Waals surface area contributed by atoms with Gasteiger partial charge in [-0.2, -0.15) is 9.97 Å². The zero-order valence-corrected chi connectivity index (χ0v) is 23.3. The number of piperazine rings is 1. The van der Waals surface area contributed by atoms with Crippen LogP contribution in [0.3, 0.4) is 0 Å². The van der Waals surface area contributed by atoms with Crippen LogP contribution in [0.2, 0.25) is 5.02 Å². The van der Waals surface area contributed by atoms with E-state index in [4.69, 9.17) is 26.3 Å². The van der Waals surface area contributed by atoms with E-state index >= 15 is 0 Å². The Bertz CT molecular complexity index is 1390. The highest BCUT2D eigenvalue weighted by atomic mass is 35.5. The van der Waals surface area contributed by atoms with E-state index in [0.29, 0.717) is 24.7 Å². The number of nitrogens with one attached hydrogen (secondary N) is 1. The first-order valence-corrected chi connectivity index (χ1v) is 15.2. The molecule has 0 unspecified atom stereocenters. The van der Waals surface area contributed by atoms with Crippen molar-refractivity contribution in [3.05, 3.63) is 52.7 Å². The Morgan fingerprint density at radius 3 is 2.51 bits per heavy atom. The van der Waals surface area contributed by atoms with Crippen LogP contribution in [-0.2, 0) is 13.0 Å². The minimum Gasteiger partial charge on any atom is -0.461 e. The molecule has 8 rings (SSSR count). The molecule has 7 nitrogen and oxygen atoms in total. The van der Waals surface area contributed by atoms with Gasteiger partial charge in [0.25, 0.3) is 0 Å². The third kappa shape index (κ3) is 4.16. The zero-order valence-electron chi connectivity index (χ0n) is 22.5. The number of fused-ring (bicyclic) bond motifs is 5. The standard InChI is InChI=1S/C31H37ClN6O/c32-25-7-1-5-21-6-2-8-27(28(21)25)36-16-11-24-26(19-36)34-30(39-20-31-12-3-14-38(31)15-4-13-31)35-29(24)37-17-22-9-10-23(18-37)33-22/h1-2,5-8,22-23,33H,3-4,9-20H2/t22-,23+. The number of ether oxygens (including phenoxy) is 1. The van der Waals surface area contributed by atoms with Gasteiger partial charge < -0.3 is 19.9 Å². The van der Waals surface area contributed by atoms with Gasteiger partial charge in [-0.3, -0.25) is 4.90 Å². The lowest BCUT2D eigenvalue weighted by Crippen LogP contribution is -2.52. The first kappa shape index (κ1) is 24.2. The summed E-state index contributed by atoms with van der Waals surface area (Å²) < 4.78 is 6.55. The van der Waals surface area contributed by atoms with Crippen LogP contribution in [0.1, 0.15) is 49.8 Å². The van der Waals surface area contributed by atoms with Crippen LogP contribution in [0.25, 0.3) is 10.8 Å². The number of halogens is 1. The molecule has 204 valence electrons. The predicted octanol–water partition coefficient (Wildman–Crippen LogP) is 4.79. The van der Waals surface area contributed by atoms with E-state index in [1.807, 2.05) is 12.1 Å². The Kier molecular flexibility index (Phi) is 5.89. The molecule has 2 bridgehead atoms. The molecule has 8 heteroatoms. The zero-order chi connectivity index (χ0) is 26.0. The van der Waals surface area contributed by atoms with Gasteiger partial charge in [0.05, 0.1) is 22.8 Å². The van der Waals surface area contributed by atoms with Gasteiger partial charge in [-0.05, 0) is 75.6 Å². The quantitative estimate of drug-likeness (QED) is 0.495. The van der Waals surface area contributed by atoms with Crippen LogP contribution < -0.4 is 19.9 Å². The molecule has 39 heavy (non-hydrogen) atoms. The van der Waals surface area contributed by atoms with Crippen LogP contribution in [0.15, 0.2) is 36.4 Å². The second-order valence-electron chi connectivity index (χ2n) is 12.3. The van der Waals surface area contributed by atoms with Crippen LogP contribution in [0, 0.1) is 0 Å². The summed E-state index contributed by atoms with van der Waals surface area (Å²) >= 11 is 6.73. The molecular formula is C31H37ClN6O. The van der Waals surface area contributed by atoms with Crippen molar-refractivity contribution in [2.45, 2.75) is 69.1 Å². The number of hydrogen-bond donors (Lipinski definition) is 1. The molecule has 5 aliphatic heterocycles. The summed E-state index contributed by atoms with van der Waals surface area (Å²) in [5.74, 6) is 1.11. The fraction of sp³-hybridized carbons (Fsp3) is 0.548. The van der Waals surface area contributed by atoms with Gasteiger partial charge in [0.2, 0.25) is 0 Å². The van der Waals surface area contributed by atoms with Gasteiger partial charge in [-0.1, -0.05) is 35.9 Å². The minimum atomic E-state index is 0.180. The number of rotatable bonds is 5. The molecule has 4 fully saturated rings. The number of benzene rings is 2. The van der Waals surface area contributed by atoms with Crippen molar-refractivity contribution in [2.75, 3.05) is 49.1 Å². The molecule has 1 aromatic heterocycles. The Hall–Kier alpha value is -2.61. The summed E-state index contributed by atoms with van der Waals surface area (Å²) in [6.45, 7) is 6.78. The van der Waals surface area contributed by atoms with Crippen LogP contribution in [-0.4, -0.2) is 71.8 Å². The molecular weight excluding hydrogens is 508 g/mol. The van der Waals surface area contributed by atoms with Crippen molar-refractivity contribution in [1.82, 2.24) is 20.2 Å². The van der Waals surface area contributed by atoms with Gasteiger partial charge in [-0.15, -0.1) is 0 Å². The lowest BCUT2D eigenvalue weighted by atomic mass is 9.95. The Morgan fingerprint density at radius 2 is 1.72 bits per heavy atom. The molecule has 1 N–H and O–H groups in total. The Labute approximate surface area is 235 Å². The predicted molar refractivity (Wildman–Crippen MR) is 156 cm³/mol. The van der Waals surface area contributed by atoms with Crippen molar-refractivity contribution in [3.8, 4) is 6.01 Å². The average Bonchev–Trinajstić information content (AvgIpc) is 3.64. The molecule has 5 aliphatic rings. The van der Waals surface area contributed by atoms with Gasteiger partial charge in [-0.25, -0.2) is 0 Å². The van der Waals surface area contributed by atoms with Crippen molar-refractivity contribution < 1.29 is 4.74 Å². The highest BCUT2D eigenvalue weighted by Gasteiger charge is 2.45. The maximum atomic E-state index is 6.73. The average molecular weight is 545 g/mol. The molecule has 0 spiro atoms. The van der Waals surface area contributed by atoms with E-state index in [0.717, 1.165) is 54.5 Å². The SMILES string of the molecule is Clc1cccc2cccc(N3CCc4c(nc(OCC56CCCN5CCC6)nc4N4C[C@H]5CC[C@@H](C4)N5)C3)c12. The summed E-state index contributed by atoms with van der Waals surface area (Å²) in [7, 11) is 0. The highest BCUT2D eigenvalue weighted by molar-refractivity contribution is 6.36. The second-order valence-corrected chi connectivity index (χ2v) is 12.7. The van der Waals surface area contributed by atoms with Gasteiger partial charge >= 0.3 is 6.01 Å². The van der Waals surface area contributed by atoms with Crippen molar-refractivity contribution >= 4 is 33.9 Å². The van der Waals surface area contributed by atoms with E-state index in [-0.39, 0.29) is 5.54 Å². The largest absolute Gasteiger partial charge is 0.461 e. The Morgan fingerprint density at radius 1 is 0.949 bits per heavy atom. The van der Waals surface area contributed by atoms with Gasteiger partial charge in [0, 0.05) is 48.4 Å². The van der Waals surface area contributed by atoms with Crippen molar-refractivity contribution in [3.63, 3.8) is 0 Å². The van der Waals surface area contributed by atoms with E-state index in [1.165, 1.54) is 68.3 Å². The molecule has 4 saturated heterocycles. The molecule has 0 radical (unpaired) electrons. The smallest absolute Gasteiger partial charge is 0.318 e. The third-order valence-corrected chi connectivity index (χ3v) is 10.3. The monoisotopic (exact) mass is 544 g/mol. The number of hydrogen-bond acceptors (Lipinski definition) is 7. The molecule has 2 atom stereocenters. The number of nitrogens with zero attached hydrogens (tertiary/aromatic N) is 5. The van der Waals surface area contributed by atoms with Crippen LogP contribution in [0.5, 0.6) is 6.01 Å². The summed E-state index contributed by atoms with van der Waals surface area (Å²) in [5, 5.41) is 6.87. The first-order chi connectivity index (χ1) is 19.1. The first-order valence-electron chi connectivity index (χ1n) is 14.9. The molecule has 0 amide bonds. The fourth-order valence-electron chi connectivity index (χ4n) is 8.09. The van der Waals surface area contributed by atoms with E-state index in [9.17, 15) is 0 Å². The van der Waals surface area contributed by atoms with Crippen molar-refractivity contribution in [1.29, 1.82) is 0 Å². The topological polar surface area (TPSA) is 56.8 Å². The second kappa shape index (κ2) is 9.50. The lowest BCUT2D eigenvalue weighted by Gasteiger charge is -2.38. The molecule has 0 saturated carbocycles. The molecule has 2 aromatic carbocycles. The maximum Gasteiger partial charge on any atom is 0.318 e.